The summed E-state index contributed by atoms with van der Waals surface area (Å²) in [5.74, 6) is -1.31. The maximum Gasteiger partial charge on any atom is 0.472 e. The number of esters is 4. The van der Waals surface area contributed by atoms with Crippen molar-refractivity contribution in [2.24, 2.45) is 5.92 Å². The van der Waals surface area contributed by atoms with Crippen LogP contribution < -0.4 is 0 Å². The van der Waals surface area contributed by atoms with Gasteiger partial charge in [-0.3, -0.25) is 37.3 Å². The minimum Gasteiger partial charge on any atom is -0.462 e. The third-order valence-corrected chi connectivity index (χ3v) is 20.9. The number of aliphatic hydroxyl groups excluding tert-OH is 1. The fourth-order valence-electron chi connectivity index (χ4n) is 12.6. The number of hydrogen-bond donors (Lipinski definition) is 3. The number of aliphatic hydroxyl groups is 1. The summed E-state index contributed by atoms with van der Waals surface area (Å²) in [6.45, 7) is 7.37. The SMILES string of the molecule is CCCCCCCCCCCCCCCCCCC(=O)OC[C@H](COP(=O)(O)OC[C@@H](O)COP(=O)(O)OC[C@@H](COC(=O)CCCCCCCCCCCCCCC)OC(=O)CCCCCCCCCCCCCCCC)OC(=O)CCCCCCCCCCCCCCCCC(C)C. The highest BCUT2D eigenvalue weighted by Gasteiger charge is 2.30. The largest absolute Gasteiger partial charge is 0.472 e. The molecule has 0 heterocycles. The van der Waals surface area contributed by atoms with Gasteiger partial charge in [-0.25, -0.2) is 9.13 Å². The van der Waals surface area contributed by atoms with Crippen LogP contribution in [0.2, 0.25) is 0 Å². The Bertz CT molecular complexity index is 1910. The van der Waals surface area contributed by atoms with E-state index in [1.165, 1.54) is 257 Å². The minimum atomic E-state index is -4.96. The molecule has 0 aromatic rings. The Balaban J connectivity index is 5.26. The highest BCUT2D eigenvalue weighted by molar-refractivity contribution is 7.47. The molecule has 3 N–H and O–H groups in total. The summed E-state index contributed by atoms with van der Waals surface area (Å²) in [4.78, 5) is 73.1. The van der Waals surface area contributed by atoms with Gasteiger partial charge in [0.1, 0.15) is 19.3 Å². The van der Waals surface area contributed by atoms with E-state index < -0.39 is 97.5 Å². The van der Waals surface area contributed by atoms with Gasteiger partial charge in [-0.2, -0.15) is 0 Å². The number of rotatable bonds is 81. The zero-order valence-corrected chi connectivity index (χ0v) is 67.1. The maximum atomic E-state index is 13.1. The van der Waals surface area contributed by atoms with Crippen molar-refractivity contribution in [1.82, 2.24) is 0 Å². The lowest BCUT2D eigenvalue weighted by atomic mass is 10.0. The number of carbonyl (C=O) groups excluding carboxylic acids is 4. The first-order valence-electron chi connectivity index (χ1n) is 42.1. The van der Waals surface area contributed by atoms with Gasteiger partial charge >= 0.3 is 39.5 Å². The molecule has 0 amide bonds. The standard InChI is InChI=1S/C81H158O17P2/c1-6-9-12-15-18-21-24-27-29-30-36-40-45-50-55-60-65-79(84)92-71-77(98-81(86)67-62-57-52-47-42-37-32-31-34-38-43-48-53-58-63-74(4)5)73-96-100(89,90)94-69-75(82)68-93-99(87,88)95-72-76(70-91-78(83)64-59-54-49-44-39-33-26-23-20-17-14-11-8-3)97-80(85)66-61-56-51-46-41-35-28-25-22-19-16-13-10-7-2/h74-77,82H,6-73H2,1-5H3,(H,87,88)(H,89,90)/t75-,76+,77+/m0/s1. The first kappa shape index (κ1) is 98.1. The number of carbonyl (C=O) groups is 4. The smallest absolute Gasteiger partial charge is 0.462 e. The van der Waals surface area contributed by atoms with Crippen LogP contribution in [-0.4, -0.2) is 96.7 Å². The molecule has 0 aliphatic carbocycles. The molecule has 0 aromatic carbocycles. The predicted octanol–water partition coefficient (Wildman–Crippen LogP) is 24.4. The zero-order chi connectivity index (χ0) is 73.4. The van der Waals surface area contributed by atoms with Gasteiger partial charge in [0, 0.05) is 25.7 Å². The molecule has 0 radical (unpaired) electrons. The lowest BCUT2D eigenvalue weighted by molar-refractivity contribution is -0.161. The highest BCUT2D eigenvalue weighted by Crippen LogP contribution is 2.45. The van der Waals surface area contributed by atoms with Gasteiger partial charge in [0.2, 0.25) is 0 Å². The van der Waals surface area contributed by atoms with E-state index in [2.05, 4.69) is 34.6 Å². The zero-order valence-electron chi connectivity index (χ0n) is 65.3. The van der Waals surface area contributed by atoms with Crippen molar-refractivity contribution in [1.29, 1.82) is 0 Å². The number of phosphoric ester groups is 2. The predicted molar refractivity (Wildman–Crippen MR) is 409 cm³/mol. The highest BCUT2D eigenvalue weighted by atomic mass is 31.2. The van der Waals surface area contributed by atoms with Gasteiger partial charge < -0.3 is 33.8 Å². The lowest BCUT2D eigenvalue weighted by Crippen LogP contribution is -2.30. The third kappa shape index (κ3) is 74.3. The topological polar surface area (TPSA) is 237 Å². The molecule has 100 heavy (non-hydrogen) atoms. The monoisotopic (exact) mass is 1470 g/mol. The number of unbranched alkanes of at least 4 members (excludes halogenated alkanes) is 53. The molecule has 594 valence electrons. The Labute approximate surface area is 613 Å². The van der Waals surface area contributed by atoms with E-state index in [4.69, 9.17) is 37.0 Å². The summed E-state index contributed by atoms with van der Waals surface area (Å²) < 4.78 is 68.8. The molecular formula is C81H158O17P2. The summed E-state index contributed by atoms with van der Waals surface area (Å²) >= 11 is 0. The fraction of sp³-hybridized carbons (Fsp3) is 0.951. The summed E-state index contributed by atoms with van der Waals surface area (Å²) in [5, 5.41) is 10.6. The van der Waals surface area contributed by atoms with E-state index >= 15 is 0 Å². The van der Waals surface area contributed by atoms with Crippen LogP contribution in [0.25, 0.3) is 0 Å². The lowest BCUT2D eigenvalue weighted by Gasteiger charge is -2.21. The van der Waals surface area contributed by atoms with E-state index in [9.17, 15) is 43.2 Å². The average Bonchev–Trinajstić information content (AvgIpc) is 1.28. The van der Waals surface area contributed by atoms with Crippen LogP contribution in [0.1, 0.15) is 433 Å². The minimum absolute atomic E-state index is 0.109. The Hall–Kier alpha value is -1.94. The van der Waals surface area contributed by atoms with Gasteiger partial charge in [0.05, 0.1) is 26.4 Å². The van der Waals surface area contributed by atoms with Crippen LogP contribution in [0.3, 0.4) is 0 Å². The van der Waals surface area contributed by atoms with Crippen molar-refractivity contribution in [3.8, 4) is 0 Å². The normalized spacial score (nSPS) is 13.8. The summed E-state index contributed by atoms with van der Waals surface area (Å²) in [6, 6.07) is 0. The average molecular weight is 1470 g/mol. The van der Waals surface area contributed by atoms with Crippen molar-refractivity contribution in [2.45, 2.75) is 451 Å². The molecule has 0 aliphatic heterocycles. The van der Waals surface area contributed by atoms with E-state index in [1.807, 2.05) is 0 Å². The van der Waals surface area contributed by atoms with E-state index in [0.29, 0.717) is 25.7 Å². The van der Waals surface area contributed by atoms with Crippen LogP contribution >= 0.6 is 15.6 Å². The van der Waals surface area contributed by atoms with E-state index in [1.54, 1.807) is 0 Å². The second-order valence-electron chi connectivity index (χ2n) is 29.6. The van der Waals surface area contributed by atoms with Crippen molar-refractivity contribution in [3.05, 3.63) is 0 Å². The molecule has 0 bridgehead atoms. The number of ether oxygens (including phenoxy) is 4. The molecule has 0 rings (SSSR count). The second kappa shape index (κ2) is 73.9. The van der Waals surface area contributed by atoms with Crippen LogP contribution in [-0.2, 0) is 65.4 Å². The molecule has 0 spiro atoms. The quantitative estimate of drug-likeness (QED) is 0.0222. The Morgan fingerprint density at radius 2 is 0.460 bits per heavy atom. The molecule has 19 heteroatoms. The van der Waals surface area contributed by atoms with Crippen molar-refractivity contribution in [2.75, 3.05) is 39.6 Å². The van der Waals surface area contributed by atoms with Crippen molar-refractivity contribution >= 4 is 39.5 Å². The summed E-state index contributed by atoms with van der Waals surface area (Å²) in [6.07, 6.45) is 65.0. The molecule has 0 aliphatic rings. The number of hydrogen-bond acceptors (Lipinski definition) is 15. The maximum absolute atomic E-state index is 13.1. The number of phosphoric acid groups is 2. The summed E-state index contributed by atoms with van der Waals surface area (Å²) in [5.41, 5.74) is 0. The Morgan fingerprint density at radius 3 is 0.680 bits per heavy atom. The van der Waals surface area contributed by atoms with Crippen molar-refractivity contribution in [3.63, 3.8) is 0 Å². The van der Waals surface area contributed by atoms with Gasteiger partial charge in [0.15, 0.2) is 12.2 Å². The van der Waals surface area contributed by atoms with Crippen molar-refractivity contribution < 1.29 is 80.2 Å². The molecule has 2 unspecified atom stereocenters. The van der Waals surface area contributed by atoms with Crippen LogP contribution in [0.15, 0.2) is 0 Å². The van der Waals surface area contributed by atoms with Gasteiger partial charge in [-0.05, 0) is 31.6 Å². The molecule has 0 fully saturated rings. The third-order valence-electron chi connectivity index (χ3n) is 19.0. The van der Waals surface area contributed by atoms with Gasteiger partial charge in [-0.15, -0.1) is 0 Å². The van der Waals surface area contributed by atoms with E-state index in [0.717, 1.165) is 95.8 Å². The van der Waals surface area contributed by atoms with Crippen LogP contribution in [0, 0.1) is 5.92 Å². The van der Waals surface area contributed by atoms with E-state index in [-0.39, 0.29) is 25.7 Å². The van der Waals surface area contributed by atoms with Gasteiger partial charge in [-0.1, -0.05) is 381 Å². The fourth-order valence-corrected chi connectivity index (χ4v) is 14.2. The van der Waals surface area contributed by atoms with Crippen LogP contribution in [0.5, 0.6) is 0 Å². The molecule has 0 aromatic heterocycles. The molecule has 17 nitrogen and oxygen atoms in total. The first-order chi connectivity index (χ1) is 48.5. The molecular weight excluding hydrogens is 1310 g/mol. The Kier molecular flexibility index (Phi) is 72.5. The van der Waals surface area contributed by atoms with Crippen LogP contribution in [0.4, 0.5) is 0 Å². The second-order valence-corrected chi connectivity index (χ2v) is 32.5. The first-order valence-corrected chi connectivity index (χ1v) is 45.1. The van der Waals surface area contributed by atoms with Gasteiger partial charge in [0.25, 0.3) is 0 Å². The molecule has 0 saturated heterocycles. The molecule has 5 atom stereocenters. The summed E-state index contributed by atoms with van der Waals surface area (Å²) in [7, 11) is -9.92. The Morgan fingerprint density at radius 1 is 0.270 bits per heavy atom. The molecule has 0 saturated carbocycles.